The summed E-state index contributed by atoms with van der Waals surface area (Å²) in [5.74, 6) is -3.27. The Hall–Kier alpha value is -2.84. The summed E-state index contributed by atoms with van der Waals surface area (Å²) in [5, 5.41) is 0. The van der Waals surface area contributed by atoms with E-state index in [0.717, 1.165) is 0 Å². The monoisotopic (exact) mass is 520 g/mol. The van der Waals surface area contributed by atoms with Gasteiger partial charge in [-0.15, -0.1) is 0 Å². The maximum atomic E-state index is 14.2. The second-order valence-corrected chi connectivity index (χ2v) is 10.1. The third kappa shape index (κ3) is 9.20. The number of carbonyl (C=O) groups excluding carboxylic acids is 2. The van der Waals surface area contributed by atoms with Crippen LogP contribution in [-0.4, -0.2) is 37.4 Å². The van der Waals surface area contributed by atoms with Gasteiger partial charge in [0.2, 0.25) is 0 Å². The number of methoxy groups -OCH3 is 1. The van der Waals surface area contributed by atoms with Gasteiger partial charge in [0.15, 0.2) is 0 Å². The molecule has 0 amide bonds. The van der Waals surface area contributed by atoms with Crippen molar-refractivity contribution in [3.8, 4) is 0 Å². The van der Waals surface area contributed by atoms with Crippen LogP contribution in [0.3, 0.4) is 0 Å². The molecule has 2 aromatic carbocycles. The van der Waals surface area contributed by atoms with Crippen LogP contribution in [0.2, 0.25) is 0 Å². The number of hydrogen-bond donors (Lipinski definition) is 0. The molecular formula is C29H38F2O6. The van der Waals surface area contributed by atoms with Gasteiger partial charge in [0.25, 0.3) is 0 Å². The molecule has 0 aliphatic rings. The lowest BCUT2D eigenvalue weighted by Crippen LogP contribution is -2.30. The van der Waals surface area contributed by atoms with Crippen LogP contribution in [0.1, 0.15) is 76.1 Å². The average Bonchev–Trinajstić information content (AvgIpc) is 2.79. The molecule has 0 bridgehead atoms. The minimum atomic E-state index is -0.750. The van der Waals surface area contributed by atoms with Crippen molar-refractivity contribution < 1.29 is 37.3 Å². The molecular weight excluding hydrogens is 482 g/mol. The van der Waals surface area contributed by atoms with E-state index < -0.39 is 47.1 Å². The number of esters is 2. The molecule has 0 aromatic heterocycles. The summed E-state index contributed by atoms with van der Waals surface area (Å²) in [4.78, 5) is 25.2. The number of ether oxygens (including phenoxy) is 4. The third-order valence-electron chi connectivity index (χ3n) is 5.71. The smallest absolute Gasteiger partial charge is 0.309 e. The van der Waals surface area contributed by atoms with Gasteiger partial charge in [0.05, 0.1) is 25.6 Å². The van der Waals surface area contributed by atoms with Gasteiger partial charge in [-0.1, -0.05) is 19.1 Å². The molecule has 3 atom stereocenters. The minimum Gasteiger partial charge on any atom is -0.461 e. The molecule has 8 heteroatoms. The molecule has 37 heavy (non-hydrogen) atoms. The number of halogens is 2. The molecule has 1 unspecified atom stereocenters. The lowest BCUT2D eigenvalue weighted by molar-refractivity contribution is -0.163. The Balaban J connectivity index is 2.45. The largest absolute Gasteiger partial charge is 0.461 e. The van der Waals surface area contributed by atoms with E-state index in [1.54, 1.807) is 46.8 Å². The molecule has 0 radical (unpaired) electrons. The Morgan fingerprint density at radius 1 is 0.919 bits per heavy atom. The molecule has 0 aliphatic heterocycles. The number of benzene rings is 2. The molecule has 204 valence electrons. The van der Waals surface area contributed by atoms with Crippen molar-refractivity contribution in [2.75, 3.05) is 13.7 Å². The fourth-order valence-corrected chi connectivity index (χ4v) is 4.13. The molecule has 0 saturated heterocycles. The van der Waals surface area contributed by atoms with E-state index in [9.17, 15) is 18.4 Å². The Morgan fingerprint density at radius 2 is 1.46 bits per heavy atom. The predicted octanol–water partition coefficient (Wildman–Crippen LogP) is 6.08. The van der Waals surface area contributed by atoms with Gasteiger partial charge in [-0.05, 0) is 81.1 Å². The van der Waals surface area contributed by atoms with Gasteiger partial charge in [-0.2, -0.15) is 0 Å². The Labute approximate surface area is 218 Å². The van der Waals surface area contributed by atoms with Crippen LogP contribution in [0, 0.1) is 17.6 Å². The maximum Gasteiger partial charge on any atom is 0.309 e. The normalized spacial score (nSPS) is 14.1. The number of rotatable bonds is 12. The number of carbonyl (C=O) groups is 2. The molecule has 0 fully saturated rings. The summed E-state index contributed by atoms with van der Waals surface area (Å²) < 4.78 is 50.4. The molecule has 2 rings (SSSR count). The van der Waals surface area contributed by atoms with Crippen LogP contribution in [0.5, 0.6) is 0 Å². The minimum absolute atomic E-state index is 0.126. The molecule has 2 aromatic rings. The van der Waals surface area contributed by atoms with Crippen LogP contribution < -0.4 is 0 Å². The summed E-state index contributed by atoms with van der Waals surface area (Å²) in [6.45, 7) is 11.1. The summed E-state index contributed by atoms with van der Waals surface area (Å²) in [7, 11) is 1.50. The Morgan fingerprint density at radius 3 is 1.95 bits per heavy atom. The number of hydrogen-bond acceptors (Lipinski definition) is 6. The fourth-order valence-electron chi connectivity index (χ4n) is 4.13. The lowest BCUT2D eigenvalue weighted by atomic mass is 9.82. The standard InChI is InChI=1S/C29H38F2O6/c1-8-35-17-21-15-23(31)10-12-25(21)27(24-11-9-22(30)14-20(24)16-34-7)19(3)36-28(33)18(2)13-26(32)37-29(4,5)6/h9-12,14-15,18-19,27H,8,13,16-17H2,1-7H3/t18-,19+,27?/m1/s1. The van der Waals surface area contributed by atoms with Crippen LogP contribution >= 0.6 is 0 Å². The van der Waals surface area contributed by atoms with E-state index in [-0.39, 0.29) is 19.6 Å². The van der Waals surface area contributed by atoms with Crippen LogP contribution in [-0.2, 0) is 41.8 Å². The summed E-state index contributed by atoms with van der Waals surface area (Å²) >= 11 is 0. The molecule has 0 N–H and O–H groups in total. The van der Waals surface area contributed by atoms with Gasteiger partial charge in [0, 0.05) is 19.6 Å². The van der Waals surface area contributed by atoms with Crippen molar-refractivity contribution >= 4 is 11.9 Å². The first-order valence-electron chi connectivity index (χ1n) is 12.4. The highest BCUT2D eigenvalue weighted by molar-refractivity contribution is 5.80. The van der Waals surface area contributed by atoms with E-state index in [2.05, 4.69) is 0 Å². The van der Waals surface area contributed by atoms with Crippen LogP contribution in [0.15, 0.2) is 36.4 Å². The molecule has 0 saturated carbocycles. The fraction of sp³-hybridized carbons (Fsp3) is 0.517. The second-order valence-electron chi connectivity index (χ2n) is 10.1. The van der Waals surface area contributed by atoms with Gasteiger partial charge in [0.1, 0.15) is 23.3 Å². The van der Waals surface area contributed by atoms with Gasteiger partial charge >= 0.3 is 11.9 Å². The molecule has 0 spiro atoms. The van der Waals surface area contributed by atoms with Crippen molar-refractivity contribution in [2.24, 2.45) is 5.92 Å². The summed E-state index contributed by atoms with van der Waals surface area (Å²) in [6, 6.07) is 8.66. The second kappa shape index (κ2) is 13.6. The molecule has 0 heterocycles. The van der Waals surface area contributed by atoms with Crippen LogP contribution in [0.4, 0.5) is 8.78 Å². The van der Waals surface area contributed by atoms with Gasteiger partial charge < -0.3 is 18.9 Å². The van der Waals surface area contributed by atoms with E-state index in [1.807, 2.05) is 6.92 Å². The van der Waals surface area contributed by atoms with Gasteiger partial charge in [-0.3, -0.25) is 9.59 Å². The first-order valence-corrected chi connectivity index (χ1v) is 12.4. The van der Waals surface area contributed by atoms with E-state index in [1.165, 1.54) is 31.4 Å². The highest BCUT2D eigenvalue weighted by Crippen LogP contribution is 2.36. The van der Waals surface area contributed by atoms with Crippen molar-refractivity contribution in [3.63, 3.8) is 0 Å². The summed E-state index contributed by atoms with van der Waals surface area (Å²) in [5.41, 5.74) is 1.85. The third-order valence-corrected chi connectivity index (χ3v) is 5.71. The first-order chi connectivity index (χ1) is 17.4. The van der Waals surface area contributed by atoms with Crippen molar-refractivity contribution in [2.45, 2.75) is 78.8 Å². The highest BCUT2D eigenvalue weighted by Gasteiger charge is 2.31. The maximum absolute atomic E-state index is 14.2. The quantitative estimate of drug-likeness (QED) is 0.316. The summed E-state index contributed by atoms with van der Waals surface area (Å²) in [6.07, 6.45) is -0.883. The van der Waals surface area contributed by atoms with E-state index in [4.69, 9.17) is 18.9 Å². The SMILES string of the molecule is CCOCc1cc(F)ccc1C(c1ccc(F)cc1COC)[C@H](C)OC(=O)[C@H](C)CC(=O)OC(C)(C)C. The predicted molar refractivity (Wildman–Crippen MR) is 136 cm³/mol. The molecule has 0 aliphatic carbocycles. The van der Waals surface area contributed by atoms with E-state index >= 15 is 0 Å². The van der Waals surface area contributed by atoms with Crippen molar-refractivity contribution in [1.29, 1.82) is 0 Å². The van der Waals surface area contributed by atoms with Crippen molar-refractivity contribution in [1.82, 2.24) is 0 Å². The zero-order valence-corrected chi connectivity index (χ0v) is 22.7. The highest BCUT2D eigenvalue weighted by atomic mass is 19.1. The van der Waals surface area contributed by atoms with Crippen molar-refractivity contribution in [3.05, 3.63) is 70.3 Å². The van der Waals surface area contributed by atoms with E-state index in [0.29, 0.717) is 28.9 Å². The average molecular weight is 521 g/mol. The lowest BCUT2D eigenvalue weighted by Gasteiger charge is -2.29. The zero-order chi connectivity index (χ0) is 27.8. The molecule has 6 nitrogen and oxygen atoms in total. The van der Waals surface area contributed by atoms with Crippen LogP contribution in [0.25, 0.3) is 0 Å². The first kappa shape index (κ1) is 30.4. The Kier molecular flexibility index (Phi) is 11.2. The van der Waals surface area contributed by atoms with Gasteiger partial charge in [-0.25, -0.2) is 8.78 Å². The zero-order valence-electron chi connectivity index (χ0n) is 22.7. The Bertz CT molecular complexity index is 1060. The topological polar surface area (TPSA) is 71.1 Å².